The number of hydrogen-bond acceptors (Lipinski definition) is 5. The number of aliphatic hydroxyl groups is 1. The highest BCUT2D eigenvalue weighted by molar-refractivity contribution is 7.90. The lowest BCUT2D eigenvalue weighted by atomic mass is 10.1. The van der Waals surface area contributed by atoms with Crippen molar-refractivity contribution in [2.75, 3.05) is 31.6 Å². The minimum absolute atomic E-state index is 0.0224. The molecule has 0 aliphatic carbocycles. The largest absolute Gasteiger partial charge is 0.491 e. The first kappa shape index (κ1) is 21.2. The highest BCUT2D eigenvalue weighted by Gasteiger charge is 2.10. The molecule has 0 bridgehead atoms. The summed E-state index contributed by atoms with van der Waals surface area (Å²) in [6.07, 6.45) is 0.472. The summed E-state index contributed by atoms with van der Waals surface area (Å²) in [5, 5.41) is 16.3. The molecular weight excluding hydrogens is 342 g/mol. The Labute approximate surface area is 150 Å². The summed E-state index contributed by atoms with van der Waals surface area (Å²) in [5.41, 5.74) is 0.717. The molecule has 3 N–H and O–H groups in total. The lowest BCUT2D eigenvalue weighted by Crippen LogP contribution is -2.39. The van der Waals surface area contributed by atoms with Crippen molar-refractivity contribution in [1.82, 2.24) is 10.6 Å². The monoisotopic (exact) mass is 371 g/mol. The molecule has 0 aliphatic heterocycles. The van der Waals surface area contributed by atoms with Crippen LogP contribution in [-0.4, -0.2) is 57.2 Å². The SMILES string of the molecule is CCNC(=NCC(O)c1cccc(OC(C)C)c1)NCCS(C)(=O)=O. The van der Waals surface area contributed by atoms with Gasteiger partial charge in [0.15, 0.2) is 5.96 Å². The van der Waals surface area contributed by atoms with Gasteiger partial charge in [0.25, 0.3) is 0 Å². The van der Waals surface area contributed by atoms with E-state index in [4.69, 9.17) is 4.74 Å². The summed E-state index contributed by atoms with van der Waals surface area (Å²) >= 11 is 0. The fourth-order valence-corrected chi connectivity index (χ4v) is 2.52. The van der Waals surface area contributed by atoms with Crippen molar-refractivity contribution >= 4 is 15.8 Å². The van der Waals surface area contributed by atoms with Gasteiger partial charge in [-0.1, -0.05) is 12.1 Å². The van der Waals surface area contributed by atoms with Gasteiger partial charge in [0.05, 0.1) is 24.5 Å². The molecule has 0 saturated carbocycles. The molecule has 0 amide bonds. The van der Waals surface area contributed by atoms with Crippen molar-refractivity contribution < 1.29 is 18.3 Å². The molecule has 0 fully saturated rings. The van der Waals surface area contributed by atoms with Gasteiger partial charge in [0.1, 0.15) is 15.6 Å². The summed E-state index contributed by atoms with van der Waals surface area (Å²) in [6, 6.07) is 7.29. The van der Waals surface area contributed by atoms with E-state index in [-0.39, 0.29) is 24.9 Å². The molecule has 8 heteroatoms. The zero-order valence-corrected chi connectivity index (χ0v) is 16.1. The van der Waals surface area contributed by atoms with Crippen molar-refractivity contribution in [3.63, 3.8) is 0 Å². The van der Waals surface area contributed by atoms with Gasteiger partial charge in [-0.25, -0.2) is 8.42 Å². The molecule has 0 saturated heterocycles. The Morgan fingerprint density at radius 1 is 1.32 bits per heavy atom. The minimum atomic E-state index is -3.03. The predicted octanol–water partition coefficient (Wildman–Crippen LogP) is 1.11. The van der Waals surface area contributed by atoms with Gasteiger partial charge in [-0.15, -0.1) is 0 Å². The lowest BCUT2D eigenvalue weighted by Gasteiger charge is -2.15. The Bertz CT molecular complexity index is 660. The second kappa shape index (κ2) is 10.2. The molecule has 1 atom stereocenters. The number of nitrogens with one attached hydrogen (secondary N) is 2. The Morgan fingerprint density at radius 3 is 2.64 bits per heavy atom. The highest BCUT2D eigenvalue weighted by atomic mass is 32.2. The number of ether oxygens (including phenoxy) is 1. The molecular formula is C17H29N3O4S. The molecule has 0 aromatic heterocycles. The zero-order chi connectivity index (χ0) is 18.9. The van der Waals surface area contributed by atoms with E-state index in [0.717, 1.165) is 0 Å². The lowest BCUT2D eigenvalue weighted by molar-refractivity contribution is 0.185. The molecule has 1 aromatic rings. The first-order valence-corrected chi connectivity index (χ1v) is 10.4. The van der Waals surface area contributed by atoms with Crippen molar-refractivity contribution in [1.29, 1.82) is 0 Å². The predicted molar refractivity (Wildman–Crippen MR) is 101 cm³/mol. The van der Waals surface area contributed by atoms with E-state index in [1.807, 2.05) is 39.0 Å². The third kappa shape index (κ3) is 9.31. The third-order valence-corrected chi connectivity index (χ3v) is 4.09. The van der Waals surface area contributed by atoms with Crippen LogP contribution in [0.4, 0.5) is 0 Å². The van der Waals surface area contributed by atoms with E-state index in [1.165, 1.54) is 6.26 Å². The maximum Gasteiger partial charge on any atom is 0.191 e. The fourth-order valence-electron chi connectivity index (χ4n) is 2.05. The number of nitrogens with zero attached hydrogens (tertiary/aromatic N) is 1. The van der Waals surface area contributed by atoms with E-state index in [0.29, 0.717) is 23.8 Å². The van der Waals surface area contributed by atoms with Crippen LogP contribution in [0.5, 0.6) is 5.75 Å². The van der Waals surface area contributed by atoms with Crippen LogP contribution in [0, 0.1) is 0 Å². The number of aliphatic hydroxyl groups excluding tert-OH is 1. The molecule has 1 aromatic carbocycles. The van der Waals surface area contributed by atoms with Crippen molar-refractivity contribution in [2.45, 2.75) is 33.0 Å². The molecule has 142 valence electrons. The Hall–Kier alpha value is -1.80. The normalized spacial score (nSPS) is 13.6. The van der Waals surface area contributed by atoms with Crippen molar-refractivity contribution in [3.05, 3.63) is 29.8 Å². The summed E-state index contributed by atoms with van der Waals surface area (Å²) < 4.78 is 28.0. The van der Waals surface area contributed by atoms with Gasteiger partial charge >= 0.3 is 0 Å². The van der Waals surface area contributed by atoms with Crippen molar-refractivity contribution in [3.8, 4) is 5.75 Å². The van der Waals surface area contributed by atoms with Crippen LogP contribution in [-0.2, 0) is 9.84 Å². The number of benzene rings is 1. The van der Waals surface area contributed by atoms with Gasteiger partial charge in [-0.05, 0) is 38.5 Å². The Kier molecular flexibility index (Phi) is 8.71. The molecule has 1 rings (SSSR count). The van der Waals surface area contributed by atoms with E-state index in [1.54, 1.807) is 6.07 Å². The van der Waals surface area contributed by atoms with Crippen LogP contribution >= 0.6 is 0 Å². The van der Waals surface area contributed by atoms with Gasteiger partial charge in [-0.3, -0.25) is 4.99 Å². The van der Waals surface area contributed by atoms with Gasteiger partial charge in [0, 0.05) is 19.3 Å². The molecule has 1 unspecified atom stereocenters. The van der Waals surface area contributed by atoms with E-state index in [9.17, 15) is 13.5 Å². The van der Waals surface area contributed by atoms with Crippen LogP contribution in [0.15, 0.2) is 29.3 Å². The number of sulfone groups is 1. The standard InChI is InChI=1S/C17H29N3O4S/c1-5-18-17(19-9-10-25(4,22)23)20-12-16(21)14-7-6-8-15(11-14)24-13(2)3/h6-8,11,13,16,21H,5,9-10,12H2,1-4H3,(H2,18,19,20). The van der Waals surface area contributed by atoms with Crippen LogP contribution < -0.4 is 15.4 Å². The molecule has 0 spiro atoms. The van der Waals surface area contributed by atoms with Gasteiger partial charge in [0.2, 0.25) is 0 Å². The molecule has 0 heterocycles. The molecule has 25 heavy (non-hydrogen) atoms. The van der Waals surface area contributed by atoms with Crippen LogP contribution in [0.2, 0.25) is 0 Å². The summed E-state index contributed by atoms with van der Waals surface area (Å²) in [4.78, 5) is 4.31. The second-order valence-corrected chi connectivity index (χ2v) is 8.29. The van der Waals surface area contributed by atoms with E-state index in [2.05, 4.69) is 15.6 Å². The minimum Gasteiger partial charge on any atom is -0.491 e. The molecule has 7 nitrogen and oxygen atoms in total. The van der Waals surface area contributed by atoms with E-state index < -0.39 is 15.9 Å². The Balaban J connectivity index is 2.68. The number of aliphatic imine (C=N–C) groups is 1. The topological polar surface area (TPSA) is 100 Å². The summed E-state index contributed by atoms with van der Waals surface area (Å²) in [7, 11) is -3.03. The first-order chi connectivity index (χ1) is 11.7. The molecule has 0 radical (unpaired) electrons. The second-order valence-electron chi connectivity index (χ2n) is 6.03. The van der Waals surface area contributed by atoms with Crippen LogP contribution in [0.3, 0.4) is 0 Å². The Morgan fingerprint density at radius 2 is 2.04 bits per heavy atom. The third-order valence-electron chi connectivity index (χ3n) is 3.15. The average molecular weight is 372 g/mol. The summed E-state index contributed by atoms with van der Waals surface area (Å²) in [6.45, 7) is 6.85. The quantitative estimate of drug-likeness (QED) is 0.444. The number of rotatable bonds is 9. The highest BCUT2D eigenvalue weighted by Crippen LogP contribution is 2.20. The summed E-state index contributed by atoms with van der Waals surface area (Å²) in [5.74, 6) is 1.20. The van der Waals surface area contributed by atoms with E-state index >= 15 is 0 Å². The number of hydrogen-bond donors (Lipinski definition) is 3. The van der Waals surface area contributed by atoms with Crippen molar-refractivity contribution in [2.24, 2.45) is 4.99 Å². The number of guanidine groups is 1. The smallest absolute Gasteiger partial charge is 0.191 e. The maximum atomic E-state index is 11.2. The van der Waals surface area contributed by atoms with Crippen LogP contribution in [0.25, 0.3) is 0 Å². The fraction of sp³-hybridized carbons (Fsp3) is 0.588. The first-order valence-electron chi connectivity index (χ1n) is 8.36. The molecule has 0 aliphatic rings. The van der Waals surface area contributed by atoms with Gasteiger partial charge in [-0.2, -0.15) is 0 Å². The maximum absolute atomic E-state index is 11.2. The van der Waals surface area contributed by atoms with Crippen LogP contribution in [0.1, 0.15) is 32.4 Å². The zero-order valence-electron chi connectivity index (χ0n) is 15.3. The van der Waals surface area contributed by atoms with Gasteiger partial charge < -0.3 is 20.5 Å². The average Bonchev–Trinajstić information content (AvgIpc) is 2.50.